The first-order valence-corrected chi connectivity index (χ1v) is 6.69. The predicted octanol–water partition coefficient (Wildman–Crippen LogP) is 2.11. The smallest absolute Gasteiger partial charge is 0.252 e. The van der Waals surface area contributed by atoms with Crippen molar-refractivity contribution in [2.45, 2.75) is 26.3 Å². The molecule has 5 heteroatoms. The number of hydrogen-bond acceptors (Lipinski definition) is 4. The molecule has 0 aliphatic rings. The molecule has 1 unspecified atom stereocenters. The maximum Gasteiger partial charge on any atom is 0.252 e. The van der Waals surface area contributed by atoms with E-state index >= 15 is 0 Å². The second-order valence-electron chi connectivity index (χ2n) is 4.86. The van der Waals surface area contributed by atoms with E-state index < -0.39 is 0 Å². The lowest BCUT2D eigenvalue weighted by Crippen LogP contribution is -2.25. The normalized spacial score (nSPS) is 12.2. The third kappa shape index (κ3) is 2.99. The largest absolute Gasteiger partial charge is 0.399 e. The minimum absolute atomic E-state index is 0.0810. The Morgan fingerprint density at radius 1 is 1.40 bits per heavy atom. The van der Waals surface area contributed by atoms with Crippen LogP contribution in [0.4, 0.5) is 11.5 Å². The lowest BCUT2D eigenvalue weighted by Gasteiger charge is -2.26. The molecule has 5 nitrogen and oxygen atoms in total. The third-order valence-electron chi connectivity index (χ3n) is 3.45. The molecule has 1 atom stereocenters. The molecule has 0 amide bonds. The van der Waals surface area contributed by atoms with Crippen LogP contribution in [0.3, 0.4) is 0 Å². The van der Waals surface area contributed by atoms with Gasteiger partial charge in [0, 0.05) is 25.2 Å². The second-order valence-corrected chi connectivity index (χ2v) is 4.86. The van der Waals surface area contributed by atoms with Crippen LogP contribution in [0.2, 0.25) is 0 Å². The Morgan fingerprint density at radius 3 is 2.80 bits per heavy atom. The Kier molecular flexibility index (Phi) is 4.08. The first-order chi connectivity index (χ1) is 9.51. The highest BCUT2D eigenvalue weighted by Gasteiger charge is 2.14. The van der Waals surface area contributed by atoms with Crippen molar-refractivity contribution in [3.63, 3.8) is 0 Å². The summed E-state index contributed by atoms with van der Waals surface area (Å²) in [6.45, 7) is 4.02. The van der Waals surface area contributed by atoms with Gasteiger partial charge in [-0.15, -0.1) is 0 Å². The van der Waals surface area contributed by atoms with Gasteiger partial charge >= 0.3 is 0 Å². The quantitative estimate of drug-likeness (QED) is 0.836. The Morgan fingerprint density at radius 2 is 2.15 bits per heavy atom. The fourth-order valence-corrected chi connectivity index (χ4v) is 2.08. The number of hydrogen-bond donors (Lipinski definition) is 2. The van der Waals surface area contributed by atoms with Crippen LogP contribution in [0.5, 0.6) is 0 Å². The van der Waals surface area contributed by atoms with Crippen LogP contribution in [0, 0.1) is 0 Å². The molecular formula is C15H20N4O. The average molecular weight is 272 g/mol. The van der Waals surface area contributed by atoms with Crippen molar-refractivity contribution in [1.29, 1.82) is 0 Å². The number of aryl methyl sites for hydroxylation is 1. The lowest BCUT2D eigenvalue weighted by atomic mass is 10.1. The van der Waals surface area contributed by atoms with Gasteiger partial charge in [0.1, 0.15) is 11.6 Å². The zero-order valence-corrected chi connectivity index (χ0v) is 12.1. The Labute approximate surface area is 118 Å². The van der Waals surface area contributed by atoms with E-state index in [1.54, 1.807) is 0 Å². The van der Waals surface area contributed by atoms with Crippen LogP contribution >= 0.6 is 0 Å². The third-order valence-corrected chi connectivity index (χ3v) is 3.45. The van der Waals surface area contributed by atoms with E-state index in [1.807, 2.05) is 43.1 Å². The van der Waals surface area contributed by atoms with Gasteiger partial charge in [0.25, 0.3) is 5.56 Å². The average Bonchev–Trinajstić information content (AvgIpc) is 2.45. The number of rotatable bonds is 4. The summed E-state index contributed by atoms with van der Waals surface area (Å²) in [5.41, 5.74) is 7.51. The van der Waals surface area contributed by atoms with Gasteiger partial charge in [0.05, 0.1) is 6.04 Å². The van der Waals surface area contributed by atoms with Crippen LogP contribution in [-0.4, -0.2) is 17.0 Å². The molecule has 0 radical (unpaired) electrons. The van der Waals surface area contributed by atoms with Crippen LogP contribution < -0.4 is 16.2 Å². The highest BCUT2D eigenvalue weighted by molar-refractivity contribution is 5.46. The number of anilines is 2. The SMILES string of the molecule is CCc1nc(N(C)C(C)c2cccc(N)c2)cc(=O)[nH]1. The molecule has 1 heterocycles. The zero-order valence-electron chi connectivity index (χ0n) is 12.1. The Bertz CT molecular complexity index is 650. The van der Waals surface area contributed by atoms with E-state index in [4.69, 9.17) is 5.73 Å². The minimum atomic E-state index is -0.126. The van der Waals surface area contributed by atoms with Gasteiger partial charge in [-0.25, -0.2) is 4.98 Å². The second kappa shape index (κ2) is 5.77. The Hall–Kier alpha value is -2.30. The molecule has 0 bridgehead atoms. The number of nitrogens with one attached hydrogen (secondary N) is 1. The van der Waals surface area contributed by atoms with Crippen molar-refractivity contribution in [2.75, 3.05) is 17.7 Å². The monoisotopic (exact) mass is 272 g/mol. The summed E-state index contributed by atoms with van der Waals surface area (Å²) in [5.74, 6) is 1.36. The van der Waals surface area contributed by atoms with Gasteiger partial charge in [-0.2, -0.15) is 0 Å². The number of H-pyrrole nitrogens is 1. The molecule has 0 saturated carbocycles. The van der Waals surface area contributed by atoms with E-state index in [0.29, 0.717) is 18.1 Å². The zero-order chi connectivity index (χ0) is 14.7. The van der Waals surface area contributed by atoms with E-state index in [-0.39, 0.29) is 11.6 Å². The predicted molar refractivity (Wildman–Crippen MR) is 81.9 cm³/mol. The molecular weight excluding hydrogens is 252 g/mol. The number of aromatic nitrogens is 2. The van der Waals surface area contributed by atoms with Gasteiger partial charge in [-0.05, 0) is 24.6 Å². The maximum absolute atomic E-state index is 11.6. The number of benzene rings is 1. The fourth-order valence-electron chi connectivity index (χ4n) is 2.08. The molecule has 20 heavy (non-hydrogen) atoms. The maximum atomic E-state index is 11.6. The van der Waals surface area contributed by atoms with Gasteiger partial charge in [-0.3, -0.25) is 4.79 Å². The van der Waals surface area contributed by atoms with Gasteiger partial charge < -0.3 is 15.6 Å². The molecule has 0 saturated heterocycles. The van der Waals surface area contributed by atoms with Crippen LogP contribution in [0.1, 0.15) is 31.3 Å². The molecule has 0 spiro atoms. The number of nitrogens with two attached hydrogens (primary N) is 1. The number of aromatic amines is 1. The van der Waals surface area contributed by atoms with Crippen molar-refractivity contribution in [2.24, 2.45) is 0 Å². The summed E-state index contributed by atoms with van der Waals surface area (Å²) < 4.78 is 0. The van der Waals surface area contributed by atoms with Crippen molar-refractivity contribution < 1.29 is 0 Å². The topological polar surface area (TPSA) is 75.0 Å². The van der Waals surface area contributed by atoms with E-state index in [0.717, 1.165) is 11.3 Å². The van der Waals surface area contributed by atoms with Crippen molar-refractivity contribution in [3.8, 4) is 0 Å². The summed E-state index contributed by atoms with van der Waals surface area (Å²) in [6, 6.07) is 9.34. The minimum Gasteiger partial charge on any atom is -0.399 e. The first-order valence-electron chi connectivity index (χ1n) is 6.69. The van der Waals surface area contributed by atoms with Crippen molar-refractivity contribution in [3.05, 3.63) is 52.1 Å². The van der Waals surface area contributed by atoms with E-state index in [1.165, 1.54) is 6.07 Å². The lowest BCUT2D eigenvalue weighted by molar-refractivity contribution is 0.720. The van der Waals surface area contributed by atoms with E-state index in [2.05, 4.69) is 16.9 Å². The molecule has 2 rings (SSSR count). The van der Waals surface area contributed by atoms with Crippen molar-refractivity contribution in [1.82, 2.24) is 9.97 Å². The standard InChI is InChI=1S/C15H20N4O/c1-4-13-17-14(9-15(20)18-13)19(3)10(2)11-6-5-7-12(16)8-11/h5-10H,4,16H2,1-3H3,(H,17,18,20). The van der Waals surface area contributed by atoms with Crippen LogP contribution in [-0.2, 0) is 6.42 Å². The van der Waals surface area contributed by atoms with E-state index in [9.17, 15) is 4.79 Å². The summed E-state index contributed by atoms with van der Waals surface area (Å²) in [5, 5.41) is 0. The molecule has 106 valence electrons. The molecule has 2 aromatic rings. The van der Waals surface area contributed by atoms with Crippen molar-refractivity contribution >= 4 is 11.5 Å². The number of nitrogen functional groups attached to an aromatic ring is 1. The van der Waals surface area contributed by atoms with Gasteiger partial charge in [-0.1, -0.05) is 19.1 Å². The highest BCUT2D eigenvalue weighted by Crippen LogP contribution is 2.24. The fraction of sp³-hybridized carbons (Fsp3) is 0.333. The molecule has 0 aliphatic carbocycles. The summed E-state index contributed by atoms with van der Waals surface area (Å²) in [6.07, 6.45) is 0.698. The first kappa shape index (κ1) is 14.1. The molecule has 1 aromatic carbocycles. The summed E-state index contributed by atoms with van der Waals surface area (Å²) >= 11 is 0. The molecule has 0 fully saturated rings. The molecule has 3 N–H and O–H groups in total. The van der Waals surface area contributed by atoms with Gasteiger partial charge in [0.2, 0.25) is 0 Å². The van der Waals surface area contributed by atoms with Crippen LogP contribution in [0.15, 0.2) is 35.1 Å². The Balaban J connectivity index is 2.33. The van der Waals surface area contributed by atoms with Crippen LogP contribution in [0.25, 0.3) is 0 Å². The number of nitrogens with zero attached hydrogens (tertiary/aromatic N) is 2. The summed E-state index contributed by atoms with van der Waals surface area (Å²) in [7, 11) is 1.93. The molecule has 1 aromatic heterocycles. The summed E-state index contributed by atoms with van der Waals surface area (Å²) in [4.78, 5) is 20.8. The van der Waals surface area contributed by atoms with Gasteiger partial charge in [0.15, 0.2) is 0 Å². The highest BCUT2D eigenvalue weighted by atomic mass is 16.1. The molecule has 0 aliphatic heterocycles.